The van der Waals surface area contributed by atoms with Gasteiger partial charge in [-0.1, -0.05) is 0 Å². The van der Waals surface area contributed by atoms with Gasteiger partial charge < -0.3 is 9.80 Å². The fourth-order valence-electron chi connectivity index (χ4n) is 1.16. The molecule has 0 saturated carbocycles. The second-order valence-electron chi connectivity index (χ2n) is 4.07. The summed E-state index contributed by atoms with van der Waals surface area (Å²) in [5.41, 5.74) is 1.50. The van der Waals surface area contributed by atoms with Crippen LogP contribution in [0.3, 0.4) is 0 Å². The summed E-state index contributed by atoms with van der Waals surface area (Å²) in [6.07, 6.45) is 1.52. The van der Waals surface area contributed by atoms with Gasteiger partial charge >= 0.3 is 6.03 Å². The molecule has 0 spiro atoms. The van der Waals surface area contributed by atoms with E-state index in [9.17, 15) is 4.79 Å². The first-order chi connectivity index (χ1) is 7.88. The van der Waals surface area contributed by atoms with Gasteiger partial charge in [-0.3, -0.25) is 4.99 Å². The molecule has 0 aromatic heterocycles. The first-order valence-electron chi connectivity index (χ1n) is 5.42. The molecule has 0 fully saturated rings. The summed E-state index contributed by atoms with van der Waals surface area (Å²) in [7, 11) is 3.35. The van der Waals surface area contributed by atoms with Gasteiger partial charge in [-0.15, -0.1) is 0 Å². The molecule has 94 valence electrons. The second-order valence-corrected chi connectivity index (χ2v) is 4.07. The van der Waals surface area contributed by atoms with Crippen LogP contribution >= 0.6 is 0 Å². The quantitative estimate of drug-likeness (QED) is 0.552. The molecule has 0 unspecified atom stereocenters. The van der Waals surface area contributed by atoms with Gasteiger partial charge in [0.1, 0.15) is 0 Å². The zero-order valence-electron chi connectivity index (χ0n) is 11.2. The number of allylic oxidation sites excluding steroid dienone is 1. The minimum absolute atomic E-state index is 0.149. The summed E-state index contributed by atoms with van der Waals surface area (Å²) < 4.78 is 0. The van der Waals surface area contributed by atoms with E-state index in [0.29, 0.717) is 18.7 Å². The molecule has 0 aliphatic carbocycles. The lowest BCUT2D eigenvalue weighted by atomic mass is 10.4. The molecule has 0 aliphatic rings. The van der Waals surface area contributed by atoms with Gasteiger partial charge in [-0.25, -0.2) is 4.79 Å². The summed E-state index contributed by atoms with van der Waals surface area (Å²) in [6, 6.07) is 1.83. The number of hydrogen-bond donors (Lipinski definition) is 0. The van der Waals surface area contributed by atoms with E-state index in [1.807, 2.05) is 19.9 Å². The Bertz CT molecular complexity index is 361. The highest BCUT2D eigenvalue weighted by atomic mass is 16.2. The van der Waals surface area contributed by atoms with Gasteiger partial charge in [0.15, 0.2) is 0 Å². The van der Waals surface area contributed by atoms with E-state index in [2.05, 4.69) is 4.99 Å². The molecule has 0 bridgehead atoms. The molecule has 5 nitrogen and oxygen atoms in total. The number of nitriles is 1. The predicted octanol–water partition coefficient (Wildman–Crippen LogP) is 1.88. The van der Waals surface area contributed by atoms with Crippen LogP contribution in [0.15, 0.2) is 16.8 Å². The van der Waals surface area contributed by atoms with Crippen molar-refractivity contribution in [1.82, 2.24) is 9.80 Å². The largest absolute Gasteiger partial charge is 0.326 e. The third-order valence-electron chi connectivity index (χ3n) is 2.06. The van der Waals surface area contributed by atoms with Crippen LogP contribution in [0.25, 0.3) is 0 Å². The van der Waals surface area contributed by atoms with Crippen LogP contribution in [-0.2, 0) is 0 Å². The molecular formula is C12H20N4O. The van der Waals surface area contributed by atoms with Crippen molar-refractivity contribution in [2.45, 2.75) is 20.8 Å². The summed E-state index contributed by atoms with van der Waals surface area (Å²) in [5, 5.41) is 8.62. The highest BCUT2D eigenvalue weighted by Crippen LogP contribution is 1.98. The molecule has 5 heteroatoms. The molecule has 0 radical (unpaired) electrons. The maximum atomic E-state index is 11.8. The molecule has 0 rings (SSSR count). The summed E-state index contributed by atoms with van der Waals surface area (Å²) in [4.78, 5) is 19.0. The van der Waals surface area contributed by atoms with Gasteiger partial charge in [-0.2, -0.15) is 5.26 Å². The topological polar surface area (TPSA) is 59.7 Å². The van der Waals surface area contributed by atoms with Crippen molar-refractivity contribution in [3.8, 4) is 6.07 Å². The van der Waals surface area contributed by atoms with Crippen molar-refractivity contribution >= 4 is 11.7 Å². The van der Waals surface area contributed by atoms with Crippen LogP contribution in [0.1, 0.15) is 20.8 Å². The Morgan fingerprint density at radius 1 is 1.35 bits per heavy atom. The molecule has 0 aromatic rings. The molecule has 2 amide bonds. The Hall–Kier alpha value is -1.83. The van der Waals surface area contributed by atoms with Crippen LogP contribution in [-0.4, -0.2) is 48.7 Å². The number of rotatable bonds is 4. The molecule has 0 saturated heterocycles. The zero-order chi connectivity index (χ0) is 13.4. The number of carbonyl (C=O) groups excluding carboxylic acids is 1. The van der Waals surface area contributed by atoms with E-state index in [1.165, 1.54) is 11.1 Å². The smallest absolute Gasteiger partial charge is 0.323 e. The zero-order valence-corrected chi connectivity index (χ0v) is 11.2. The second kappa shape index (κ2) is 7.44. The average Bonchev–Trinajstić information content (AvgIpc) is 2.26. The summed E-state index contributed by atoms with van der Waals surface area (Å²) >= 11 is 0. The van der Waals surface area contributed by atoms with E-state index in [1.54, 1.807) is 25.9 Å². The number of urea groups is 1. The van der Waals surface area contributed by atoms with Crippen LogP contribution in [0.5, 0.6) is 0 Å². The Morgan fingerprint density at radius 2 is 1.94 bits per heavy atom. The van der Waals surface area contributed by atoms with Crippen molar-refractivity contribution in [3.05, 3.63) is 11.8 Å². The molecule has 17 heavy (non-hydrogen) atoms. The maximum Gasteiger partial charge on any atom is 0.323 e. The molecule has 0 N–H and O–H groups in total. The predicted molar refractivity (Wildman–Crippen MR) is 68.8 cm³/mol. The van der Waals surface area contributed by atoms with Crippen LogP contribution < -0.4 is 0 Å². The number of amides is 2. The van der Waals surface area contributed by atoms with Gasteiger partial charge in [0.25, 0.3) is 0 Å². The summed E-state index contributed by atoms with van der Waals surface area (Å²) in [5.74, 6) is 0. The molecule has 0 heterocycles. The fraction of sp³-hybridized carbons (Fsp3) is 0.583. The number of carbonyl (C=O) groups is 1. The first kappa shape index (κ1) is 15.2. The van der Waals surface area contributed by atoms with Crippen LogP contribution in [0.4, 0.5) is 4.79 Å². The molecular weight excluding hydrogens is 216 g/mol. The Labute approximate surface area is 103 Å². The Balaban J connectivity index is 4.32. The lowest BCUT2D eigenvalue weighted by molar-refractivity contribution is 0.188. The molecule has 0 aromatic carbocycles. The van der Waals surface area contributed by atoms with Crippen LogP contribution in [0, 0.1) is 11.3 Å². The van der Waals surface area contributed by atoms with Crippen molar-refractivity contribution in [1.29, 1.82) is 5.26 Å². The monoisotopic (exact) mass is 236 g/mol. The number of likely N-dealkylation sites (N-methyl/N-ethyl adjacent to an activating group) is 1. The highest BCUT2D eigenvalue weighted by molar-refractivity contribution is 5.79. The number of nitrogens with zero attached hydrogens (tertiary/aromatic N) is 4. The lowest BCUT2D eigenvalue weighted by Gasteiger charge is -2.21. The normalized spacial score (nSPS) is 10.5. The van der Waals surface area contributed by atoms with E-state index in [4.69, 9.17) is 5.26 Å². The van der Waals surface area contributed by atoms with Crippen molar-refractivity contribution < 1.29 is 4.79 Å². The highest BCUT2D eigenvalue weighted by Gasteiger charge is 2.11. The SMILES string of the molecule is CC(C#N)=CN(C)C(=O)N(C)CCN=C(C)C. The van der Waals surface area contributed by atoms with Crippen LogP contribution in [0.2, 0.25) is 0 Å². The Kier molecular flexibility index (Phi) is 6.64. The number of aliphatic imine (C=N–C) groups is 1. The van der Waals surface area contributed by atoms with E-state index >= 15 is 0 Å². The summed E-state index contributed by atoms with van der Waals surface area (Å²) in [6.45, 7) is 6.67. The fourth-order valence-corrected chi connectivity index (χ4v) is 1.16. The minimum Gasteiger partial charge on any atom is -0.326 e. The van der Waals surface area contributed by atoms with Gasteiger partial charge in [0, 0.05) is 38.1 Å². The molecule has 0 atom stereocenters. The van der Waals surface area contributed by atoms with Gasteiger partial charge in [0.05, 0.1) is 12.6 Å². The standard InChI is InChI=1S/C12H20N4O/c1-10(2)14-6-7-15(4)12(17)16(5)9-11(3)8-13/h9H,6-7H2,1-5H3. The third-order valence-corrected chi connectivity index (χ3v) is 2.06. The van der Waals surface area contributed by atoms with E-state index in [0.717, 1.165) is 5.71 Å². The van der Waals surface area contributed by atoms with Crippen molar-refractivity contribution in [2.75, 3.05) is 27.2 Å². The average molecular weight is 236 g/mol. The van der Waals surface area contributed by atoms with E-state index in [-0.39, 0.29) is 6.03 Å². The lowest BCUT2D eigenvalue weighted by Crippen LogP contribution is -2.37. The van der Waals surface area contributed by atoms with Crippen molar-refractivity contribution in [3.63, 3.8) is 0 Å². The van der Waals surface area contributed by atoms with Gasteiger partial charge in [-0.05, 0) is 20.8 Å². The number of hydrogen-bond acceptors (Lipinski definition) is 3. The maximum absolute atomic E-state index is 11.8. The van der Waals surface area contributed by atoms with Crippen molar-refractivity contribution in [2.24, 2.45) is 4.99 Å². The minimum atomic E-state index is -0.149. The first-order valence-corrected chi connectivity index (χ1v) is 5.42. The third kappa shape index (κ3) is 6.36. The molecule has 0 aliphatic heterocycles. The Morgan fingerprint density at radius 3 is 2.41 bits per heavy atom. The van der Waals surface area contributed by atoms with E-state index < -0.39 is 0 Å². The van der Waals surface area contributed by atoms with Gasteiger partial charge in [0.2, 0.25) is 0 Å².